The summed E-state index contributed by atoms with van der Waals surface area (Å²) in [4.78, 5) is 29.9. The van der Waals surface area contributed by atoms with Crippen LogP contribution in [0.5, 0.6) is 11.5 Å². The maximum absolute atomic E-state index is 12.8. The first-order chi connectivity index (χ1) is 14.1. The third-order valence-corrected chi connectivity index (χ3v) is 4.57. The topological polar surface area (TPSA) is 88.2 Å². The van der Waals surface area contributed by atoms with Crippen LogP contribution in [0.2, 0.25) is 0 Å². The van der Waals surface area contributed by atoms with E-state index in [0.717, 1.165) is 5.69 Å². The SMILES string of the molecule is COc1ccc(C(=O)Cn2cnc3c(cnn3-c3ccccc3)c2=O)cc1OC. The number of para-hydroxylation sites is 1. The molecule has 0 saturated heterocycles. The van der Waals surface area contributed by atoms with Gasteiger partial charge >= 0.3 is 0 Å². The van der Waals surface area contributed by atoms with E-state index < -0.39 is 0 Å². The first-order valence-corrected chi connectivity index (χ1v) is 8.86. The molecule has 0 amide bonds. The van der Waals surface area contributed by atoms with E-state index >= 15 is 0 Å². The molecule has 2 heterocycles. The summed E-state index contributed by atoms with van der Waals surface area (Å²) in [7, 11) is 3.02. The lowest BCUT2D eigenvalue weighted by Gasteiger charge is -2.10. The van der Waals surface area contributed by atoms with Crippen molar-refractivity contribution in [2.75, 3.05) is 14.2 Å². The maximum atomic E-state index is 12.8. The Morgan fingerprint density at radius 3 is 2.52 bits per heavy atom. The van der Waals surface area contributed by atoms with Crippen LogP contribution in [-0.4, -0.2) is 39.3 Å². The highest BCUT2D eigenvalue weighted by Gasteiger charge is 2.15. The molecule has 0 aliphatic heterocycles. The molecule has 0 N–H and O–H groups in total. The molecule has 0 unspecified atom stereocenters. The maximum Gasteiger partial charge on any atom is 0.264 e. The number of rotatable bonds is 6. The van der Waals surface area contributed by atoms with Crippen LogP contribution in [0.25, 0.3) is 16.7 Å². The molecular formula is C21H18N4O4. The Morgan fingerprint density at radius 2 is 1.79 bits per heavy atom. The number of Topliss-reactive ketones (excluding diaryl/α,β-unsaturated/α-hetero) is 1. The van der Waals surface area contributed by atoms with Gasteiger partial charge in [0.05, 0.1) is 32.6 Å². The molecule has 8 heteroatoms. The van der Waals surface area contributed by atoms with Crippen molar-refractivity contribution in [2.24, 2.45) is 0 Å². The highest BCUT2D eigenvalue weighted by Crippen LogP contribution is 2.27. The Balaban J connectivity index is 1.66. The first-order valence-electron chi connectivity index (χ1n) is 8.86. The zero-order valence-electron chi connectivity index (χ0n) is 15.9. The summed E-state index contributed by atoms with van der Waals surface area (Å²) in [5.74, 6) is 0.727. The van der Waals surface area contributed by atoms with Gasteiger partial charge in [0.25, 0.3) is 5.56 Å². The first kappa shape index (κ1) is 18.4. The summed E-state index contributed by atoms with van der Waals surface area (Å²) >= 11 is 0. The van der Waals surface area contributed by atoms with Crippen LogP contribution in [-0.2, 0) is 6.54 Å². The fourth-order valence-electron chi connectivity index (χ4n) is 3.08. The van der Waals surface area contributed by atoms with E-state index in [9.17, 15) is 9.59 Å². The number of fused-ring (bicyclic) bond motifs is 1. The molecule has 0 aliphatic carbocycles. The molecular weight excluding hydrogens is 372 g/mol. The van der Waals surface area contributed by atoms with Crippen molar-refractivity contribution in [3.05, 3.63) is 77.0 Å². The standard InChI is InChI=1S/C21H18N4O4/c1-28-18-9-8-14(10-19(18)29-2)17(26)12-24-13-22-20-16(21(24)27)11-23-25(20)15-6-4-3-5-7-15/h3-11,13H,12H2,1-2H3. The molecule has 4 rings (SSSR count). The Labute approximate surface area is 165 Å². The summed E-state index contributed by atoms with van der Waals surface area (Å²) in [6.45, 7) is -0.145. The smallest absolute Gasteiger partial charge is 0.264 e. The Morgan fingerprint density at radius 1 is 1.03 bits per heavy atom. The number of hydrogen-bond donors (Lipinski definition) is 0. The summed E-state index contributed by atoms with van der Waals surface area (Å²) in [6.07, 6.45) is 2.83. The molecule has 8 nitrogen and oxygen atoms in total. The molecule has 0 saturated carbocycles. The van der Waals surface area contributed by atoms with Gasteiger partial charge in [-0.05, 0) is 30.3 Å². The van der Waals surface area contributed by atoms with Crippen molar-refractivity contribution in [3.63, 3.8) is 0 Å². The van der Waals surface area contributed by atoms with Crippen LogP contribution in [0, 0.1) is 0 Å². The largest absolute Gasteiger partial charge is 0.493 e. The van der Waals surface area contributed by atoms with Crippen molar-refractivity contribution in [1.82, 2.24) is 19.3 Å². The highest BCUT2D eigenvalue weighted by molar-refractivity contribution is 5.96. The van der Waals surface area contributed by atoms with Crippen LogP contribution < -0.4 is 15.0 Å². The normalized spacial score (nSPS) is 10.8. The molecule has 0 radical (unpaired) electrons. The van der Waals surface area contributed by atoms with Gasteiger partial charge in [0.15, 0.2) is 22.9 Å². The van der Waals surface area contributed by atoms with E-state index in [0.29, 0.717) is 28.1 Å². The average molecular weight is 390 g/mol. The second-order valence-electron chi connectivity index (χ2n) is 6.30. The second kappa shape index (κ2) is 7.59. The Bertz CT molecular complexity index is 1240. The fourth-order valence-corrected chi connectivity index (χ4v) is 3.08. The zero-order chi connectivity index (χ0) is 20.4. The predicted octanol–water partition coefficient (Wildman–Crippen LogP) is 2.48. The van der Waals surface area contributed by atoms with E-state index in [4.69, 9.17) is 9.47 Å². The molecule has 2 aromatic carbocycles. The average Bonchev–Trinajstić information content (AvgIpc) is 3.20. The number of ether oxygens (including phenoxy) is 2. The number of benzene rings is 2. The van der Waals surface area contributed by atoms with E-state index in [2.05, 4.69) is 10.1 Å². The zero-order valence-corrected chi connectivity index (χ0v) is 15.9. The van der Waals surface area contributed by atoms with Gasteiger partial charge in [-0.3, -0.25) is 14.2 Å². The van der Waals surface area contributed by atoms with Crippen LogP contribution in [0.1, 0.15) is 10.4 Å². The number of carbonyl (C=O) groups is 1. The molecule has 0 fully saturated rings. The van der Waals surface area contributed by atoms with E-state index in [-0.39, 0.29) is 17.9 Å². The molecule has 29 heavy (non-hydrogen) atoms. The van der Waals surface area contributed by atoms with Gasteiger partial charge in [0.2, 0.25) is 0 Å². The minimum absolute atomic E-state index is 0.145. The summed E-state index contributed by atoms with van der Waals surface area (Å²) in [5.41, 5.74) is 1.32. The summed E-state index contributed by atoms with van der Waals surface area (Å²) in [6, 6.07) is 14.3. The quantitative estimate of drug-likeness (QED) is 0.470. The van der Waals surface area contributed by atoms with Crippen molar-refractivity contribution >= 4 is 16.8 Å². The summed E-state index contributed by atoms with van der Waals surface area (Å²) in [5, 5.41) is 4.62. The number of nitrogens with zero attached hydrogens (tertiary/aromatic N) is 4. The van der Waals surface area contributed by atoms with Crippen molar-refractivity contribution in [2.45, 2.75) is 6.54 Å². The molecule has 2 aromatic heterocycles. The number of hydrogen-bond acceptors (Lipinski definition) is 6. The Hall–Kier alpha value is -3.94. The van der Waals surface area contributed by atoms with E-state index in [1.807, 2.05) is 30.3 Å². The van der Waals surface area contributed by atoms with Gasteiger partial charge in [-0.1, -0.05) is 18.2 Å². The number of ketones is 1. The van der Waals surface area contributed by atoms with Crippen molar-refractivity contribution < 1.29 is 14.3 Å². The lowest BCUT2D eigenvalue weighted by Crippen LogP contribution is -2.24. The fraction of sp³-hybridized carbons (Fsp3) is 0.143. The van der Waals surface area contributed by atoms with Crippen molar-refractivity contribution in [1.29, 1.82) is 0 Å². The minimum atomic E-state index is -0.328. The van der Waals surface area contributed by atoms with E-state index in [1.54, 1.807) is 22.9 Å². The minimum Gasteiger partial charge on any atom is -0.493 e. The highest BCUT2D eigenvalue weighted by atomic mass is 16.5. The van der Waals surface area contributed by atoms with Gasteiger partial charge in [-0.15, -0.1) is 0 Å². The molecule has 146 valence electrons. The third kappa shape index (κ3) is 3.36. The molecule has 4 aromatic rings. The Kier molecular flexibility index (Phi) is 4.82. The van der Waals surface area contributed by atoms with Gasteiger partial charge < -0.3 is 9.47 Å². The number of methoxy groups -OCH3 is 2. The molecule has 0 atom stereocenters. The predicted molar refractivity (Wildman–Crippen MR) is 107 cm³/mol. The molecule has 0 bridgehead atoms. The van der Waals surface area contributed by atoms with Crippen LogP contribution in [0.15, 0.2) is 65.8 Å². The van der Waals surface area contributed by atoms with Gasteiger partial charge in [0.1, 0.15) is 11.7 Å². The van der Waals surface area contributed by atoms with Crippen LogP contribution >= 0.6 is 0 Å². The van der Waals surface area contributed by atoms with E-state index in [1.165, 1.54) is 31.3 Å². The lowest BCUT2D eigenvalue weighted by molar-refractivity contribution is 0.0970. The van der Waals surface area contributed by atoms with Gasteiger partial charge in [-0.2, -0.15) is 5.10 Å². The van der Waals surface area contributed by atoms with Gasteiger partial charge in [-0.25, -0.2) is 9.67 Å². The van der Waals surface area contributed by atoms with Crippen molar-refractivity contribution in [3.8, 4) is 17.2 Å². The number of aromatic nitrogens is 4. The van der Waals surface area contributed by atoms with Crippen LogP contribution in [0.3, 0.4) is 0 Å². The second-order valence-corrected chi connectivity index (χ2v) is 6.30. The van der Waals surface area contributed by atoms with Crippen LogP contribution in [0.4, 0.5) is 0 Å². The lowest BCUT2D eigenvalue weighted by atomic mass is 10.1. The molecule has 0 aliphatic rings. The summed E-state index contributed by atoms with van der Waals surface area (Å²) < 4.78 is 13.3. The third-order valence-electron chi connectivity index (χ3n) is 4.57. The molecule has 0 spiro atoms. The monoisotopic (exact) mass is 390 g/mol. The van der Waals surface area contributed by atoms with Gasteiger partial charge in [0, 0.05) is 5.56 Å². The number of carbonyl (C=O) groups excluding carboxylic acids is 1.